The van der Waals surface area contributed by atoms with Gasteiger partial charge in [-0.1, -0.05) is 72.8 Å². The number of anilines is 1. The number of nitrogens with one attached hydrogen (secondary N) is 1. The summed E-state index contributed by atoms with van der Waals surface area (Å²) in [5.74, 6) is -0.633. The van der Waals surface area contributed by atoms with Crippen LogP contribution in [-0.2, 0) is 16.0 Å². The zero-order chi connectivity index (χ0) is 21.9. The topological polar surface area (TPSA) is 55.4 Å². The number of amides is 1. The SMILES string of the molecule is CCOC(=O)c1ccc(NC(=O)[C@@H](C/C=C/c2ccccc2)Cc2ccccc2)cc1. The number of carbonyl (C=O) groups excluding carboxylic acids is 2. The van der Waals surface area contributed by atoms with Crippen molar-refractivity contribution in [2.75, 3.05) is 11.9 Å². The molecule has 0 radical (unpaired) electrons. The van der Waals surface area contributed by atoms with Crippen molar-refractivity contribution in [2.45, 2.75) is 19.8 Å². The highest BCUT2D eigenvalue weighted by Gasteiger charge is 2.18. The number of carbonyl (C=O) groups is 2. The molecule has 158 valence electrons. The number of rotatable bonds is 9. The van der Waals surface area contributed by atoms with E-state index in [9.17, 15) is 9.59 Å². The molecule has 0 bridgehead atoms. The normalized spacial score (nSPS) is 11.8. The molecule has 0 spiro atoms. The van der Waals surface area contributed by atoms with E-state index >= 15 is 0 Å². The van der Waals surface area contributed by atoms with Crippen LogP contribution < -0.4 is 5.32 Å². The first kappa shape index (κ1) is 22.0. The Labute approximate surface area is 183 Å². The van der Waals surface area contributed by atoms with Gasteiger partial charge in [-0.3, -0.25) is 4.79 Å². The maximum Gasteiger partial charge on any atom is 0.338 e. The third kappa shape index (κ3) is 6.96. The van der Waals surface area contributed by atoms with Crippen LogP contribution in [-0.4, -0.2) is 18.5 Å². The van der Waals surface area contributed by atoms with Crippen molar-refractivity contribution in [3.63, 3.8) is 0 Å². The van der Waals surface area contributed by atoms with E-state index in [4.69, 9.17) is 4.74 Å². The van der Waals surface area contributed by atoms with Crippen LogP contribution >= 0.6 is 0 Å². The summed E-state index contributed by atoms with van der Waals surface area (Å²) in [7, 11) is 0. The molecule has 4 heteroatoms. The molecule has 0 aromatic heterocycles. The molecule has 0 aliphatic rings. The van der Waals surface area contributed by atoms with Gasteiger partial charge in [-0.25, -0.2) is 4.79 Å². The van der Waals surface area contributed by atoms with Crippen LogP contribution in [0.2, 0.25) is 0 Å². The molecule has 3 rings (SSSR count). The third-order valence-corrected chi connectivity index (χ3v) is 4.89. The van der Waals surface area contributed by atoms with Crippen LogP contribution in [0, 0.1) is 5.92 Å². The molecule has 0 aliphatic heterocycles. The molecule has 1 atom stereocenters. The molecular formula is C27H27NO3. The number of allylic oxidation sites excluding steroid dienone is 1. The molecule has 0 saturated heterocycles. The van der Waals surface area contributed by atoms with Crippen molar-refractivity contribution in [3.05, 3.63) is 108 Å². The summed E-state index contributed by atoms with van der Waals surface area (Å²) in [6.45, 7) is 2.10. The van der Waals surface area contributed by atoms with Crippen molar-refractivity contribution < 1.29 is 14.3 Å². The lowest BCUT2D eigenvalue weighted by Gasteiger charge is -2.16. The maximum absolute atomic E-state index is 13.0. The molecule has 0 heterocycles. The molecule has 0 aliphatic carbocycles. The van der Waals surface area contributed by atoms with E-state index in [1.165, 1.54) is 0 Å². The van der Waals surface area contributed by atoms with E-state index in [1.54, 1.807) is 31.2 Å². The highest BCUT2D eigenvalue weighted by Crippen LogP contribution is 2.18. The van der Waals surface area contributed by atoms with Gasteiger partial charge in [-0.2, -0.15) is 0 Å². The van der Waals surface area contributed by atoms with Gasteiger partial charge >= 0.3 is 5.97 Å². The monoisotopic (exact) mass is 413 g/mol. The molecule has 0 saturated carbocycles. The van der Waals surface area contributed by atoms with E-state index < -0.39 is 0 Å². The largest absolute Gasteiger partial charge is 0.462 e. The standard InChI is InChI=1S/C27H27NO3/c1-2-31-27(30)23-16-18-25(19-17-23)28-26(29)24(20-22-12-7-4-8-13-22)15-9-14-21-10-5-3-6-11-21/h3-14,16-19,24H,2,15,20H2,1H3,(H,28,29)/b14-9+/t24-/m0/s1. The number of hydrogen-bond acceptors (Lipinski definition) is 3. The van der Waals surface area contributed by atoms with Crippen molar-refractivity contribution in [1.29, 1.82) is 0 Å². The molecular weight excluding hydrogens is 386 g/mol. The Morgan fingerprint density at radius 2 is 1.55 bits per heavy atom. The molecule has 1 N–H and O–H groups in total. The van der Waals surface area contributed by atoms with Crippen molar-refractivity contribution in [2.24, 2.45) is 5.92 Å². The van der Waals surface area contributed by atoms with E-state index in [-0.39, 0.29) is 17.8 Å². The fraction of sp³-hybridized carbons (Fsp3) is 0.185. The van der Waals surface area contributed by atoms with Gasteiger partial charge in [0.2, 0.25) is 5.91 Å². The van der Waals surface area contributed by atoms with Crippen LogP contribution in [0.15, 0.2) is 91.0 Å². The number of benzene rings is 3. The van der Waals surface area contributed by atoms with Crippen LogP contribution in [0.5, 0.6) is 0 Å². The highest BCUT2D eigenvalue weighted by molar-refractivity contribution is 5.94. The Kier molecular flexibility index (Phi) is 8.18. The summed E-state index contributed by atoms with van der Waals surface area (Å²) in [6.07, 6.45) is 5.36. The molecule has 0 unspecified atom stereocenters. The fourth-order valence-electron chi connectivity index (χ4n) is 3.26. The quantitative estimate of drug-likeness (QED) is 0.454. The maximum atomic E-state index is 13.0. The predicted octanol–water partition coefficient (Wildman–Crippen LogP) is 5.76. The third-order valence-electron chi connectivity index (χ3n) is 4.89. The average molecular weight is 414 g/mol. The first-order valence-electron chi connectivity index (χ1n) is 10.5. The van der Waals surface area contributed by atoms with Gasteiger partial charge in [-0.15, -0.1) is 0 Å². The summed E-state index contributed by atoms with van der Waals surface area (Å²) in [4.78, 5) is 24.9. The zero-order valence-electron chi connectivity index (χ0n) is 17.7. The van der Waals surface area contributed by atoms with Gasteiger partial charge in [0.05, 0.1) is 12.2 Å². The van der Waals surface area contributed by atoms with Gasteiger partial charge in [0.1, 0.15) is 0 Å². The van der Waals surface area contributed by atoms with E-state index in [1.807, 2.05) is 72.8 Å². The van der Waals surface area contributed by atoms with E-state index in [0.717, 1.165) is 11.1 Å². The van der Waals surface area contributed by atoms with Crippen molar-refractivity contribution in [1.82, 2.24) is 0 Å². The molecule has 0 fully saturated rings. The van der Waals surface area contributed by atoms with E-state index in [0.29, 0.717) is 30.7 Å². The Morgan fingerprint density at radius 3 is 2.19 bits per heavy atom. The summed E-state index contributed by atoms with van der Waals surface area (Å²) in [5, 5.41) is 2.98. The first-order valence-corrected chi connectivity index (χ1v) is 10.5. The number of ether oxygens (including phenoxy) is 1. The summed E-state index contributed by atoms with van der Waals surface area (Å²) in [5.41, 5.74) is 3.35. The van der Waals surface area contributed by atoms with Crippen LogP contribution in [0.1, 0.15) is 34.8 Å². The van der Waals surface area contributed by atoms with Gasteiger partial charge in [0.15, 0.2) is 0 Å². The summed E-state index contributed by atoms with van der Waals surface area (Å²) < 4.78 is 5.00. The second-order valence-corrected chi connectivity index (χ2v) is 7.22. The minimum absolute atomic E-state index is 0.0505. The summed E-state index contributed by atoms with van der Waals surface area (Å²) in [6, 6.07) is 26.8. The highest BCUT2D eigenvalue weighted by atomic mass is 16.5. The Morgan fingerprint density at radius 1 is 0.903 bits per heavy atom. The van der Waals surface area contributed by atoms with Crippen LogP contribution in [0.3, 0.4) is 0 Å². The summed E-state index contributed by atoms with van der Waals surface area (Å²) >= 11 is 0. The lowest BCUT2D eigenvalue weighted by atomic mass is 9.94. The number of hydrogen-bond donors (Lipinski definition) is 1. The Hall–Kier alpha value is -3.66. The molecule has 1 amide bonds. The minimum atomic E-state index is -0.367. The number of esters is 1. The average Bonchev–Trinajstić information content (AvgIpc) is 2.80. The Balaban J connectivity index is 1.69. The van der Waals surface area contributed by atoms with Gasteiger partial charge in [-0.05, 0) is 55.2 Å². The zero-order valence-corrected chi connectivity index (χ0v) is 17.7. The van der Waals surface area contributed by atoms with Gasteiger partial charge in [0.25, 0.3) is 0 Å². The smallest absolute Gasteiger partial charge is 0.338 e. The molecule has 4 nitrogen and oxygen atoms in total. The van der Waals surface area contributed by atoms with Crippen molar-refractivity contribution in [3.8, 4) is 0 Å². The fourth-order valence-corrected chi connectivity index (χ4v) is 3.26. The second-order valence-electron chi connectivity index (χ2n) is 7.22. The lowest BCUT2D eigenvalue weighted by molar-refractivity contribution is -0.119. The van der Waals surface area contributed by atoms with Crippen molar-refractivity contribution >= 4 is 23.6 Å². The molecule has 31 heavy (non-hydrogen) atoms. The predicted molar refractivity (Wildman–Crippen MR) is 125 cm³/mol. The molecule has 3 aromatic carbocycles. The molecule has 3 aromatic rings. The van der Waals surface area contributed by atoms with E-state index in [2.05, 4.69) is 5.32 Å². The van der Waals surface area contributed by atoms with Gasteiger partial charge in [0, 0.05) is 11.6 Å². The first-order chi connectivity index (χ1) is 15.2. The van der Waals surface area contributed by atoms with Crippen LogP contribution in [0.4, 0.5) is 5.69 Å². The minimum Gasteiger partial charge on any atom is -0.462 e. The second kappa shape index (κ2) is 11.5. The lowest BCUT2D eigenvalue weighted by Crippen LogP contribution is -2.24. The van der Waals surface area contributed by atoms with Gasteiger partial charge < -0.3 is 10.1 Å². The van der Waals surface area contributed by atoms with Crippen LogP contribution in [0.25, 0.3) is 6.08 Å². The Bertz CT molecular complexity index is 996.